The molecule has 352 valence electrons. The van der Waals surface area contributed by atoms with E-state index in [0.29, 0.717) is 22.6 Å². The number of phenolic OH excluding ortho intramolecular Hbond substituents is 1. The minimum Gasteiger partial charge on any atom is -0.508 e. The molecule has 2 aromatic rings. The maximum Gasteiger partial charge on any atom is 0.326 e. The van der Waals surface area contributed by atoms with Crippen LogP contribution in [0.2, 0.25) is 0 Å². The zero-order valence-electron chi connectivity index (χ0n) is 36.0. The average molecular weight is 934 g/mol. The highest BCUT2D eigenvalue weighted by atomic mass is 32.2. The molecule has 2 aromatic carbocycles. The minimum absolute atomic E-state index is 0.0128. The SMILES string of the molecule is CSCC[C@H](NC(=O)[C@H](CC(C)C)NC(=O)[C@H](CC(=O)O)NC(=O)[C@H](Cc1ccccc1)NC(=O)[C@@H](CCSC)NC(=O)[C@@H](N)Cc1ccc(O)cc1)C(=O)N[C@@H](CC(=O)O)C(=O)O. The Balaban J connectivity index is 2.37. The van der Waals surface area contributed by atoms with Gasteiger partial charge in [-0.3, -0.25) is 38.4 Å². The quantitative estimate of drug-likeness (QED) is 0.0512. The smallest absolute Gasteiger partial charge is 0.326 e. The number of hydrogen-bond acceptors (Lipinski definition) is 13. The topological polar surface area (TPSA) is 333 Å². The van der Waals surface area contributed by atoms with Gasteiger partial charge in [0, 0.05) is 6.42 Å². The molecule has 0 unspecified atom stereocenters. The van der Waals surface area contributed by atoms with E-state index in [0.717, 1.165) is 0 Å². The molecule has 0 fully saturated rings. The van der Waals surface area contributed by atoms with Crippen LogP contribution in [-0.2, 0) is 56.0 Å². The fraction of sp³-hybridized carbons (Fsp3) is 0.500. The van der Waals surface area contributed by atoms with Gasteiger partial charge in [-0.2, -0.15) is 23.5 Å². The lowest BCUT2D eigenvalue weighted by Crippen LogP contribution is -2.60. The predicted molar refractivity (Wildman–Crippen MR) is 239 cm³/mol. The number of carbonyl (C=O) groups is 9. The number of carbonyl (C=O) groups excluding carboxylic acids is 6. The first kappa shape index (κ1) is 54.3. The van der Waals surface area contributed by atoms with Crippen molar-refractivity contribution < 1.29 is 63.6 Å². The van der Waals surface area contributed by atoms with Crippen LogP contribution in [0.15, 0.2) is 54.6 Å². The molecule has 0 spiro atoms. The van der Waals surface area contributed by atoms with E-state index >= 15 is 0 Å². The van der Waals surface area contributed by atoms with Crippen LogP contribution in [0.4, 0.5) is 0 Å². The number of benzene rings is 2. The molecule has 0 aliphatic carbocycles. The van der Waals surface area contributed by atoms with Crippen LogP contribution in [0.5, 0.6) is 5.75 Å². The normalized spacial score (nSPS) is 14.3. The number of rotatable bonds is 29. The van der Waals surface area contributed by atoms with Crippen molar-refractivity contribution in [2.24, 2.45) is 11.7 Å². The first-order valence-corrected chi connectivity index (χ1v) is 23.1. The molecule has 0 aliphatic heterocycles. The summed E-state index contributed by atoms with van der Waals surface area (Å²) in [7, 11) is 0. The van der Waals surface area contributed by atoms with Crippen molar-refractivity contribution in [1.82, 2.24) is 31.9 Å². The van der Waals surface area contributed by atoms with Crippen molar-refractivity contribution in [3.05, 3.63) is 65.7 Å². The minimum atomic E-state index is -1.80. The third-order valence-corrected chi connectivity index (χ3v) is 10.8. The molecule has 2 rings (SSSR count). The molecule has 0 aromatic heterocycles. The van der Waals surface area contributed by atoms with E-state index < -0.39 is 108 Å². The van der Waals surface area contributed by atoms with Gasteiger partial charge in [0.1, 0.15) is 42.0 Å². The Hall–Kier alpha value is -5.87. The molecule has 0 aliphatic rings. The Morgan fingerprint density at radius 2 is 0.938 bits per heavy atom. The highest BCUT2D eigenvalue weighted by Crippen LogP contribution is 2.13. The van der Waals surface area contributed by atoms with Crippen LogP contribution in [-0.4, -0.2) is 140 Å². The fourth-order valence-electron chi connectivity index (χ4n) is 6.15. The summed E-state index contributed by atoms with van der Waals surface area (Å²) in [5, 5.41) is 52.7. The van der Waals surface area contributed by atoms with Crippen molar-refractivity contribution in [3.8, 4) is 5.75 Å². The van der Waals surface area contributed by atoms with Crippen LogP contribution < -0.4 is 37.6 Å². The summed E-state index contributed by atoms with van der Waals surface area (Å²) in [5.74, 6) is -9.47. The van der Waals surface area contributed by atoms with Crippen LogP contribution in [0.25, 0.3) is 0 Å². The zero-order chi connectivity index (χ0) is 47.9. The van der Waals surface area contributed by atoms with Gasteiger partial charge < -0.3 is 58.1 Å². The van der Waals surface area contributed by atoms with E-state index in [1.54, 1.807) is 68.8 Å². The first-order chi connectivity index (χ1) is 30.2. The molecule has 22 heteroatoms. The molecule has 64 heavy (non-hydrogen) atoms. The van der Waals surface area contributed by atoms with E-state index in [1.165, 1.54) is 35.7 Å². The molecule has 0 heterocycles. The van der Waals surface area contributed by atoms with Crippen molar-refractivity contribution in [2.45, 2.75) is 101 Å². The highest BCUT2D eigenvalue weighted by molar-refractivity contribution is 7.98. The van der Waals surface area contributed by atoms with E-state index in [4.69, 9.17) is 10.8 Å². The molecular formula is C42H59N7O13S2. The van der Waals surface area contributed by atoms with Crippen LogP contribution in [0.1, 0.15) is 57.1 Å². The zero-order valence-corrected chi connectivity index (χ0v) is 37.7. The monoisotopic (exact) mass is 933 g/mol. The van der Waals surface area contributed by atoms with E-state index in [2.05, 4.69) is 31.9 Å². The van der Waals surface area contributed by atoms with Crippen molar-refractivity contribution in [1.29, 1.82) is 0 Å². The molecule has 0 bridgehead atoms. The van der Waals surface area contributed by atoms with Gasteiger partial charge in [-0.15, -0.1) is 0 Å². The van der Waals surface area contributed by atoms with Crippen LogP contribution >= 0.6 is 23.5 Å². The Morgan fingerprint density at radius 3 is 1.44 bits per heavy atom. The lowest BCUT2D eigenvalue weighted by Gasteiger charge is -2.28. The molecule has 7 atom stereocenters. The summed E-state index contributed by atoms with van der Waals surface area (Å²) in [5.41, 5.74) is 7.41. The third-order valence-electron chi connectivity index (χ3n) is 9.48. The predicted octanol–water partition coefficient (Wildman–Crippen LogP) is -0.000200. The average Bonchev–Trinajstić information content (AvgIpc) is 3.23. The molecule has 0 radical (unpaired) electrons. The van der Waals surface area contributed by atoms with E-state index in [9.17, 15) is 58.5 Å². The second kappa shape index (κ2) is 28.0. The summed E-state index contributed by atoms with van der Waals surface area (Å²) < 4.78 is 0. The highest BCUT2D eigenvalue weighted by Gasteiger charge is 2.35. The van der Waals surface area contributed by atoms with Crippen molar-refractivity contribution in [2.75, 3.05) is 24.0 Å². The molecule has 20 nitrogen and oxygen atoms in total. The summed E-state index contributed by atoms with van der Waals surface area (Å²) in [6.07, 6.45) is 1.67. The van der Waals surface area contributed by atoms with Crippen LogP contribution in [0, 0.1) is 5.92 Å². The van der Waals surface area contributed by atoms with Crippen LogP contribution in [0.3, 0.4) is 0 Å². The number of nitrogens with two attached hydrogens (primary N) is 1. The lowest BCUT2D eigenvalue weighted by atomic mass is 10.0. The Kier molecular flexibility index (Phi) is 23.8. The van der Waals surface area contributed by atoms with Gasteiger partial charge in [-0.1, -0.05) is 56.3 Å². The first-order valence-electron chi connectivity index (χ1n) is 20.3. The van der Waals surface area contributed by atoms with Gasteiger partial charge in [0.15, 0.2) is 0 Å². The third kappa shape index (κ3) is 20.1. The molecular weight excluding hydrogens is 875 g/mol. The van der Waals surface area contributed by atoms with Gasteiger partial charge in [-0.25, -0.2) is 4.79 Å². The maximum atomic E-state index is 14.1. The van der Waals surface area contributed by atoms with E-state index in [-0.39, 0.29) is 43.8 Å². The molecule has 12 N–H and O–H groups in total. The molecule has 0 saturated heterocycles. The second-order valence-electron chi connectivity index (χ2n) is 15.3. The molecule has 6 amide bonds. The number of nitrogens with one attached hydrogen (secondary N) is 6. The van der Waals surface area contributed by atoms with Gasteiger partial charge in [0.2, 0.25) is 35.4 Å². The fourth-order valence-corrected chi connectivity index (χ4v) is 7.09. The summed E-state index contributed by atoms with van der Waals surface area (Å²) in [6, 6.07) is 4.53. The largest absolute Gasteiger partial charge is 0.508 e. The number of amides is 6. The Labute approximate surface area is 379 Å². The summed E-state index contributed by atoms with van der Waals surface area (Å²) in [6.45, 7) is 3.44. The summed E-state index contributed by atoms with van der Waals surface area (Å²) in [4.78, 5) is 117. The Bertz CT molecular complexity index is 1910. The van der Waals surface area contributed by atoms with Gasteiger partial charge in [0.25, 0.3) is 0 Å². The van der Waals surface area contributed by atoms with E-state index in [1.807, 2.05) is 0 Å². The summed E-state index contributed by atoms with van der Waals surface area (Å²) >= 11 is 2.70. The second-order valence-corrected chi connectivity index (χ2v) is 17.2. The number of hydrogen-bond donors (Lipinski definition) is 11. The van der Waals surface area contributed by atoms with Gasteiger partial charge in [-0.05, 0) is 78.9 Å². The van der Waals surface area contributed by atoms with Gasteiger partial charge >= 0.3 is 17.9 Å². The lowest BCUT2D eigenvalue weighted by molar-refractivity contribution is -0.147. The standard InChI is InChI=1S/C42H59N7O13S2/c1-23(2)18-30(39(58)45-29(15-17-64-4)38(57)49-33(42(61)62)22-35(53)54)46-41(60)32(21-34(51)52)48-40(59)31(20-24-8-6-5-7-9-24)47-37(56)28(14-16-63-3)44-36(55)27(43)19-25-10-12-26(50)13-11-25/h5-13,23,27-33,50H,14-22,43H2,1-4H3,(H,44,55)(H,45,58)(H,46,60)(H,47,56)(H,48,59)(H,49,57)(H,51,52)(H,53,54)(H,61,62)/t27-,28+,29-,30-,31-,32-,33-/m0/s1. The number of phenols is 1. The maximum absolute atomic E-state index is 14.1. The van der Waals surface area contributed by atoms with Gasteiger partial charge in [0.05, 0.1) is 18.9 Å². The number of carboxylic acid groups (broad SMARTS) is 3. The van der Waals surface area contributed by atoms with Crippen molar-refractivity contribution in [3.63, 3.8) is 0 Å². The Morgan fingerprint density at radius 1 is 0.531 bits per heavy atom. The van der Waals surface area contributed by atoms with Crippen molar-refractivity contribution >= 4 is 76.9 Å². The number of carboxylic acids is 3. The number of aliphatic carboxylic acids is 3. The number of thioether (sulfide) groups is 2. The molecule has 0 saturated carbocycles. The number of aromatic hydroxyl groups is 1.